The predicted molar refractivity (Wildman–Crippen MR) is 76.2 cm³/mol. The van der Waals surface area contributed by atoms with E-state index in [1.807, 2.05) is 20.9 Å². The van der Waals surface area contributed by atoms with Gasteiger partial charge < -0.3 is 14.3 Å². The van der Waals surface area contributed by atoms with Gasteiger partial charge in [0.1, 0.15) is 0 Å². The maximum absolute atomic E-state index is 12.5. The summed E-state index contributed by atoms with van der Waals surface area (Å²) in [6, 6.07) is -0.210. The van der Waals surface area contributed by atoms with Crippen molar-refractivity contribution < 1.29 is 9.32 Å². The summed E-state index contributed by atoms with van der Waals surface area (Å²) < 4.78 is 6.41. The molecule has 1 aliphatic heterocycles. The zero-order valence-electron chi connectivity index (χ0n) is 12.5. The number of carbonyl (C=O) groups is 1. The molecule has 2 rings (SSSR count). The molecular weight excluding hydrogens is 258 g/mol. The standard InChI is InChI=1S/C14H23N3O3/c1-4-6-12-11(5-2)13(18)20-17(12)14(19)16-9-7-15(3)8-10-16/h4-10H2,1-3H3. The highest BCUT2D eigenvalue weighted by Crippen LogP contribution is 2.12. The first-order valence-corrected chi connectivity index (χ1v) is 7.30. The number of aromatic nitrogens is 1. The van der Waals surface area contributed by atoms with Gasteiger partial charge in [0, 0.05) is 26.2 Å². The number of amides is 1. The lowest BCUT2D eigenvalue weighted by molar-refractivity contribution is 0.132. The molecule has 0 bridgehead atoms. The Bertz CT molecular complexity index is 524. The molecule has 0 aliphatic carbocycles. The van der Waals surface area contributed by atoms with E-state index >= 15 is 0 Å². The molecule has 112 valence electrons. The van der Waals surface area contributed by atoms with Gasteiger partial charge in [-0.3, -0.25) is 0 Å². The second-order valence-corrected chi connectivity index (χ2v) is 5.27. The first-order chi connectivity index (χ1) is 9.58. The number of hydrogen-bond acceptors (Lipinski definition) is 4. The molecule has 0 aromatic carbocycles. The summed E-state index contributed by atoms with van der Waals surface area (Å²) in [5, 5.41) is 0. The topological polar surface area (TPSA) is 58.7 Å². The molecule has 0 saturated carbocycles. The monoisotopic (exact) mass is 281 g/mol. The summed E-state index contributed by atoms with van der Waals surface area (Å²) in [5.41, 5.74) is 0.997. The van der Waals surface area contributed by atoms with Crippen molar-refractivity contribution >= 4 is 6.03 Å². The number of piperazine rings is 1. The Kier molecular flexibility index (Phi) is 4.65. The van der Waals surface area contributed by atoms with Gasteiger partial charge in [0.05, 0.1) is 11.3 Å². The van der Waals surface area contributed by atoms with E-state index in [1.54, 1.807) is 4.90 Å². The molecule has 6 heteroatoms. The van der Waals surface area contributed by atoms with Crippen LogP contribution in [0.25, 0.3) is 0 Å². The Morgan fingerprint density at radius 2 is 1.85 bits per heavy atom. The highest BCUT2D eigenvalue weighted by Gasteiger charge is 2.26. The van der Waals surface area contributed by atoms with Gasteiger partial charge in [-0.15, -0.1) is 4.74 Å². The van der Waals surface area contributed by atoms with Crippen LogP contribution in [0.1, 0.15) is 31.5 Å². The highest BCUT2D eigenvalue weighted by atomic mass is 16.5. The number of rotatable bonds is 3. The summed E-state index contributed by atoms with van der Waals surface area (Å²) in [6.45, 7) is 6.98. The van der Waals surface area contributed by atoms with E-state index in [0.29, 0.717) is 31.5 Å². The fraction of sp³-hybridized carbons (Fsp3) is 0.714. The maximum Gasteiger partial charge on any atom is 0.361 e. The van der Waals surface area contributed by atoms with Crippen molar-refractivity contribution in [3.05, 3.63) is 21.7 Å². The van der Waals surface area contributed by atoms with Crippen LogP contribution in [0.15, 0.2) is 9.32 Å². The van der Waals surface area contributed by atoms with E-state index in [9.17, 15) is 9.59 Å². The SMILES string of the molecule is CCCc1c(CC)c(=O)on1C(=O)N1CCN(C)CC1. The van der Waals surface area contributed by atoms with Gasteiger partial charge in [-0.1, -0.05) is 20.3 Å². The number of carbonyl (C=O) groups excluding carboxylic acids is 1. The smallest absolute Gasteiger partial charge is 0.327 e. The van der Waals surface area contributed by atoms with E-state index in [1.165, 1.54) is 4.74 Å². The van der Waals surface area contributed by atoms with Gasteiger partial charge in [-0.05, 0) is 19.9 Å². The van der Waals surface area contributed by atoms with Crippen molar-refractivity contribution in [1.82, 2.24) is 14.5 Å². The molecule has 1 aromatic rings. The largest absolute Gasteiger partial charge is 0.361 e. The van der Waals surface area contributed by atoms with E-state index in [2.05, 4.69) is 4.90 Å². The van der Waals surface area contributed by atoms with E-state index in [0.717, 1.165) is 25.2 Å². The molecule has 1 amide bonds. The second kappa shape index (κ2) is 6.26. The zero-order chi connectivity index (χ0) is 14.7. The Morgan fingerprint density at radius 1 is 1.20 bits per heavy atom. The molecule has 1 saturated heterocycles. The van der Waals surface area contributed by atoms with Crippen molar-refractivity contribution in [2.75, 3.05) is 33.2 Å². The van der Waals surface area contributed by atoms with Gasteiger partial charge in [0.2, 0.25) is 0 Å². The zero-order valence-corrected chi connectivity index (χ0v) is 12.5. The molecular formula is C14H23N3O3. The Morgan fingerprint density at radius 3 is 2.40 bits per heavy atom. The lowest BCUT2D eigenvalue weighted by Gasteiger charge is -2.32. The van der Waals surface area contributed by atoms with Crippen LogP contribution in [-0.2, 0) is 12.8 Å². The Balaban J connectivity index is 2.27. The molecule has 6 nitrogen and oxygen atoms in total. The second-order valence-electron chi connectivity index (χ2n) is 5.27. The average Bonchev–Trinajstić information content (AvgIpc) is 2.75. The van der Waals surface area contributed by atoms with E-state index in [4.69, 9.17) is 4.52 Å². The van der Waals surface area contributed by atoms with Crippen molar-refractivity contribution in [3.63, 3.8) is 0 Å². The maximum atomic E-state index is 12.5. The minimum atomic E-state index is -0.376. The van der Waals surface area contributed by atoms with E-state index < -0.39 is 0 Å². The van der Waals surface area contributed by atoms with Crippen LogP contribution in [0.2, 0.25) is 0 Å². The first kappa shape index (κ1) is 14.8. The summed E-state index contributed by atoms with van der Waals surface area (Å²) in [7, 11) is 2.04. The van der Waals surface area contributed by atoms with Crippen LogP contribution in [0.4, 0.5) is 4.79 Å². The normalized spacial score (nSPS) is 16.6. The average molecular weight is 281 g/mol. The molecule has 0 spiro atoms. The Labute approximate surface area is 118 Å². The van der Waals surface area contributed by atoms with Crippen molar-refractivity contribution in [2.45, 2.75) is 33.1 Å². The third kappa shape index (κ3) is 2.80. The quantitative estimate of drug-likeness (QED) is 0.834. The minimum Gasteiger partial charge on any atom is -0.327 e. The highest BCUT2D eigenvalue weighted by molar-refractivity contribution is 5.76. The van der Waals surface area contributed by atoms with E-state index in [-0.39, 0.29) is 11.7 Å². The molecule has 20 heavy (non-hydrogen) atoms. The lowest BCUT2D eigenvalue weighted by Crippen LogP contribution is -2.48. The third-order valence-corrected chi connectivity index (χ3v) is 3.80. The molecule has 0 N–H and O–H groups in total. The summed E-state index contributed by atoms with van der Waals surface area (Å²) in [4.78, 5) is 28.3. The van der Waals surface area contributed by atoms with Crippen LogP contribution < -0.4 is 5.63 Å². The van der Waals surface area contributed by atoms with Gasteiger partial charge in [0.25, 0.3) is 0 Å². The van der Waals surface area contributed by atoms with Crippen LogP contribution in [0, 0.1) is 0 Å². The summed E-state index contributed by atoms with van der Waals surface area (Å²) in [6.07, 6.45) is 2.16. The van der Waals surface area contributed by atoms with Crippen LogP contribution in [-0.4, -0.2) is 53.8 Å². The number of likely N-dealkylation sites (N-methyl/N-ethyl adjacent to an activating group) is 1. The van der Waals surface area contributed by atoms with Gasteiger partial charge in [-0.25, -0.2) is 9.59 Å². The van der Waals surface area contributed by atoms with Gasteiger partial charge in [-0.2, -0.15) is 0 Å². The minimum absolute atomic E-state index is 0.210. The molecule has 1 aliphatic rings. The molecule has 0 radical (unpaired) electrons. The molecule has 1 fully saturated rings. The summed E-state index contributed by atoms with van der Waals surface area (Å²) >= 11 is 0. The van der Waals surface area contributed by atoms with Crippen LogP contribution >= 0.6 is 0 Å². The fourth-order valence-corrected chi connectivity index (χ4v) is 2.55. The predicted octanol–water partition coefficient (Wildman–Crippen LogP) is 1.17. The summed E-state index contributed by atoms with van der Waals surface area (Å²) in [5.74, 6) is 0. The fourth-order valence-electron chi connectivity index (χ4n) is 2.55. The molecule has 0 unspecified atom stereocenters. The molecule has 1 aromatic heterocycles. The van der Waals surface area contributed by atoms with Crippen LogP contribution in [0.5, 0.6) is 0 Å². The van der Waals surface area contributed by atoms with Crippen LogP contribution in [0.3, 0.4) is 0 Å². The first-order valence-electron chi connectivity index (χ1n) is 7.30. The lowest BCUT2D eigenvalue weighted by atomic mass is 10.1. The number of hydrogen-bond donors (Lipinski definition) is 0. The van der Waals surface area contributed by atoms with Gasteiger partial charge >= 0.3 is 11.7 Å². The van der Waals surface area contributed by atoms with Crippen molar-refractivity contribution in [2.24, 2.45) is 0 Å². The Hall–Kier alpha value is -1.56. The van der Waals surface area contributed by atoms with Crippen molar-refractivity contribution in [1.29, 1.82) is 0 Å². The number of nitrogens with zero attached hydrogens (tertiary/aromatic N) is 3. The van der Waals surface area contributed by atoms with Crippen molar-refractivity contribution in [3.8, 4) is 0 Å². The third-order valence-electron chi connectivity index (χ3n) is 3.80. The molecule has 0 atom stereocenters. The van der Waals surface area contributed by atoms with Gasteiger partial charge in [0.15, 0.2) is 0 Å². The molecule has 2 heterocycles.